The van der Waals surface area contributed by atoms with Crippen molar-refractivity contribution in [1.82, 2.24) is 19.5 Å². The van der Waals surface area contributed by atoms with Crippen LogP contribution in [0.2, 0.25) is 0 Å². The number of imidazole rings is 1. The van der Waals surface area contributed by atoms with Gasteiger partial charge in [0.25, 0.3) is 0 Å². The van der Waals surface area contributed by atoms with Crippen LogP contribution in [0.15, 0.2) is 36.7 Å². The third-order valence-corrected chi connectivity index (χ3v) is 2.69. The van der Waals surface area contributed by atoms with Gasteiger partial charge in [-0.25, -0.2) is 4.98 Å². The van der Waals surface area contributed by atoms with Gasteiger partial charge in [-0.05, 0) is 19.1 Å². The molecule has 5 nitrogen and oxygen atoms in total. The zero-order chi connectivity index (χ0) is 12.5. The molecular formula is C13H9N5. The minimum absolute atomic E-state index is 0.151. The molecule has 2 aromatic heterocycles. The SMILES string of the molecule is [C-]#[N+]c1nc(C)c2ncn(-c3ccccc3)c2n1. The molecule has 86 valence electrons. The van der Waals surface area contributed by atoms with E-state index >= 15 is 0 Å². The van der Waals surface area contributed by atoms with Crippen molar-refractivity contribution in [1.29, 1.82) is 0 Å². The van der Waals surface area contributed by atoms with Crippen LogP contribution in [0.5, 0.6) is 0 Å². The van der Waals surface area contributed by atoms with E-state index in [2.05, 4.69) is 19.8 Å². The van der Waals surface area contributed by atoms with E-state index in [9.17, 15) is 0 Å². The number of aromatic nitrogens is 4. The summed E-state index contributed by atoms with van der Waals surface area (Å²) in [6, 6.07) is 9.79. The van der Waals surface area contributed by atoms with Crippen LogP contribution in [-0.2, 0) is 0 Å². The summed E-state index contributed by atoms with van der Waals surface area (Å²) in [5.74, 6) is 0.151. The summed E-state index contributed by atoms with van der Waals surface area (Å²) in [6.45, 7) is 8.85. The van der Waals surface area contributed by atoms with E-state index in [1.807, 2.05) is 41.8 Å². The molecule has 0 atom stereocenters. The van der Waals surface area contributed by atoms with Gasteiger partial charge < -0.3 is 4.85 Å². The molecule has 0 spiro atoms. The highest BCUT2D eigenvalue weighted by atomic mass is 15.2. The van der Waals surface area contributed by atoms with E-state index in [1.54, 1.807) is 6.33 Å². The summed E-state index contributed by atoms with van der Waals surface area (Å²) in [4.78, 5) is 15.9. The normalized spacial score (nSPS) is 10.4. The first-order chi connectivity index (χ1) is 8.79. The predicted molar refractivity (Wildman–Crippen MR) is 67.7 cm³/mol. The Morgan fingerprint density at radius 1 is 1.17 bits per heavy atom. The molecule has 0 aliphatic carbocycles. The van der Waals surface area contributed by atoms with Crippen molar-refractivity contribution >= 4 is 17.1 Å². The van der Waals surface area contributed by atoms with Crippen LogP contribution >= 0.6 is 0 Å². The highest BCUT2D eigenvalue weighted by molar-refractivity contribution is 5.76. The Hall–Kier alpha value is -2.74. The van der Waals surface area contributed by atoms with Crippen LogP contribution in [0.3, 0.4) is 0 Å². The average molecular weight is 235 g/mol. The monoisotopic (exact) mass is 235 g/mol. The number of para-hydroxylation sites is 1. The number of aryl methyl sites for hydroxylation is 1. The molecule has 0 saturated carbocycles. The van der Waals surface area contributed by atoms with E-state index < -0.39 is 0 Å². The van der Waals surface area contributed by atoms with Crippen molar-refractivity contribution in [3.05, 3.63) is 53.8 Å². The van der Waals surface area contributed by atoms with Crippen LogP contribution in [0.4, 0.5) is 5.95 Å². The van der Waals surface area contributed by atoms with Crippen molar-refractivity contribution in [2.75, 3.05) is 0 Å². The fourth-order valence-corrected chi connectivity index (χ4v) is 1.85. The van der Waals surface area contributed by atoms with E-state index in [0.29, 0.717) is 5.65 Å². The van der Waals surface area contributed by atoms with E-state index in [4.69, 9.17) is 6.57 Å². The zero-order valence-corrected chi connectivity index (χ0v) is 9.70. The topological polar surface area (TPSA) is 48.0 Å². The molecule has 0 fully saturated rings. The molecule has 1 aromatic carbocycles. The van der Waals surface area contributed by atoms with Gasteiger partial charge in [-0.3, -0.25) is 4.57 Å². The third kappa shape index (κ3) is 1.52. The van der Waals surface area contributed by atoms with Crippen molar-refractivity contribution in [2.24, 2.45) is 0 Å². The Labute approximate surface area is 104 Å². The molecule has 3 aromatic rings. The number of hydrogen-bond acceptors (Lipinski definition) is 3. The van der Waals surface area contributed by atoms with Crippen molar-refractivity contribution < 1.29 is 0 Å². The lowest BCUT2D eigenvalue weighted by atomic mass is 10.3. The standard InChI is InChI=1S/C13H9N5/c1-9-11-12(17-13(14-2)16-9)18(8-15-11)10-6-4-3-5-7-10/h3-8H,1H3. The first kappa shape index (κ1) is 10.4. The van der Waals surface area contributed by atoms with Crippen LogP contribution in [0.1, 0.15) is 5.69 Å². The fourth-order valence-electron chi connectivity index (χ4n) is 1.85. The van der Waals surface area contributed by atoms with E-state index in [-0.39, 0.29) is 5.95 Å². The van der Waals surface area contributed by atoms with Gasteiger partial charge in [0.2, 0.25) is 5.65 Å². The van der Waals surface area contributed by atoms with Crippen LogP contribution in [-0.4, -0.2) is 19.5 Å². The molecule has 0 aliphatic rings. The fraction of sp³-hybridized carbons (Fsp3) is 0.0769. The molecule has 0 amide bonds. The molecule has 18 heavy (non-hydrogen) atoms. The van der Waals surface area contributed by atoms with Gasteiger partial charge in [-0.15, -0.1) is 11.6 Å². The highest BCUT2D eigenvalue weighted by Gasteiger charge is 2.14. The maximum absolute atomic E-state index is 7.01. The Bertz CT molecular complexity index is 752. The number of benzene rings is 1. The largest absolute Gasteiger partial charge is 0.394 e. The summed E-state index contributed by atoms with van der Waals surface area (Å²) < 4.78 is 1.86. The molecule has 0 N–H and O–H groups in total. The highest BCUT2D eigenvalue weighted by Crippen LogP contribution is 2.20. The zero-order valence-electron chi connectivity index (χ0n) is 9.70. The van der Waals surface area contributed by atoms with Crippen molar-refractivity contribution in [3.63, 3.8) is 0 Å². The smallest absolute Gasteiger partial charge is 0.373 e. The van der Waals surface area contributed by atoms with Crippen LogP contribution < -0.4 is 0 Å². The van der Waals surface area contributed by atoms with Gasteiger partial charge in [-0.2, -0.15) is 4.98 Å². The Morgan fingerprint density at radius 3 is 2.67 bits per heavy atom. The molecule has 5 heteroatoms. The lowest BCUT2D eigenvalue weighted by Gasteiger charge is -2.01. The predicted octanol–water partition coefficient (Wildman–Crippen LogP) is 2.67. The first-order valence-electron chi connectivity index (χ1n) is 5.44. The summed E-state index contributed by atoms with van der Waals surface area (Å²) in [7, 11) is 0. The molecule has 0 radical (unpaired) electrons. The second kappa shape index (κ2) is 3.93. The van der Waals surface area contributed by atoms with Crippen LogP contribution in [0, 0.1) is 13.5 Å². The molecule has 0 bridgehead atoms. The molecule has 0 unspecified atom stereocenters. The van der Waals surface area contributed by atoms with Crippen LogP contribution in [0.25, 0.3) is 21.7 Å². The van der Waals surface area contributed by atoms with E-state index in [0.717, 1.165) is 16.9 Å². The Morgan fingerprint density at radius 2 is 1.94 bits per heavy atom. The number of nitrogens with zero attached hydrogens (tertiary/aromatic N) is 5. The van der Waals surface area contributed by atoms with Gasteiger partial charge in [-0.1, -0.05) is 18.2 Å². The quantitative estimate of drug-likeness (QED) is 0.609. The summed E-state index contributed by atoms with van der Waals surface area (Å²) in [5, 5.41) is 0. The minimum atomic E-state index is 0.151. The maximum Gasteiger partial charge on any atom is 0.373 e. The molecule has 0 aliphatic heterocycles. The van der Waals surface area contributed by atoms with E-state index in [1.165, 1.54) is 0 Å². The van der Waals surface area contributed by atoms with Gasteiger partial charge in [0.15, 0.2) is 5.52 Å². The van der Waals surface area contributed by atoms with Crippen molar-refractivity contribution in [3.8, 4) is 5.69 Å². The second-order valence-electron chi connectivity index (χ2n) is 3.84. The molecular weight excluding hydrogens is 226 g/mol. The Kier molecular flexibility index (Phi) is 2.27. The van der Waals surface area contributed by atoms with Gasteiger partial charge in [0.05, 0.1) is 0 Å². The average Bonchev–Trinajstić information content (AvgIpc) is 2.84. The van der Waals surface area contributed by atoms with Gasteiger partial charge in [0, 0.05) is 5.69 Å². The number of fused-ring (bicyclic) bond motifs is 1. The summed E-state index contributed by atoms with van der Waals surface area (Å²) in [5.41, 5.74) is 3.08. The number of rotatable bonds is 1. The second-order valence-corrected chi connectivity index (χ2v) is 3.84. The molecule has 3 rings (SSSR count). The summed E-state index contributed by atoms with van der Waals surface area (Å²) in [6.07, 6.45) is 1.70. The molecule has 2 heterocycles. The van der Waals surface area contributed by atoms with Gasteiger partial charge >= 0.3 is 5.95 Å². The van der Waals surface area contributed by atoms with Gasteiger partial charge in [0.1, 0.15) is 12.0 Å². The maximum atomic E-state index is 7.01. The lowest BCUT2D eigenvalue weighted by molar-refractivity contribution is 1.06. The molecule has 0 saturated heterocycles. The minimum Gasteiger partial charge on any atom is -0.394 e. The Balaban J connectivity index is 2.33. The lowest BCUT2D eigenvalue weighted by Crippen LogP contribution is -1.95. The first-order valence-corrected chi connectivity index (χ1v) is 5.44. The number of hydrogen-bond donors (Lipinski definition) is 0. The third-order valence-electron chi connectivity index (χ3n) is 2.69. The van der Waals surface area contributed by atoms with Crippen molar-refractivity contribution in [2.45, 2.75) is 6.92 Å². The summed E-state index contributed by atoms with van der Waals surface area (Å²) >= 11 is 0.